The van der Waals surface area contributed by atoms with Crippen LogP contribution in [0.4, 0.5) is 9.18 Å². The van der Waals surface area contributed by atoms with Crippen LogP contribution >= 0.6 is 0 Å². The van der Waals surface area contributed by atoms with E-state index in [1.807, 2.05) is 30.3 Å². The van der Waals surface area contributed by atoms with Crippen molar-refractivity contribution in [3.63, 3.8) is 0 Å². The maximum Gasteiger partial charge on any atom is 0.315 e. The number of amides is 2. The molecule has 0 saturated heterocycles. The molecule has 2 N–H and O–H groups in total. The van der Waals surface area contributed by atoms with E-state index in [1.165, 1.54) is 12.1 Å². The minimum Gasteiger partial charge on any atom is -0.337 e. The average molecular weight is 313 g/mol. The van der Waals surface area contributed by atoms with Crippen molar-refractivity contribution in [3.05, 3.63) is 65.7 Å². The van der Waals surface area contributed by atoms with Crippen molar-refractivity contribution in [1.82, 2.24) is 15.6 Å². The molecule has 0 radical (unpaired) electrons. The molecule has 1 aromatic carbocycles. The van der Waals surface area contributed by atoms with Gasteiger partial charge in [0.25, 0.3) is 0 Å². The molecule has 0 bridgehead atoms. The Morgan fingerprint density at radius 1 is 1.13 bits per heavy atom. The molecule has 1 aliphatic carbocycles. The van der Waals surface area contributed by atoms with E-state index in [0.29, 0.717) is 13.1 Å². The van der Waals surface area contributed by atoms with Gasteiger partial charge in [-0.05, 0) is 42.7 Å². The number of urea groups is 1. The van der Waals surface area contributed by atoms with E-state index in [4.69, 9.17) is 0 Å². The molecule has 2 amide bonds. The van der Waals surface area contributed by atoms with Crippen LogP contribution in [0.5, 0.6) is 0 Å². The lowest BCUT2D eigenvalue weighted by Gasteiger charge is -2.42. The fourth-order valence-corrected chi connectivity index (χ4v) is 2.96. The van der Waals surface area contributed by atoms with Crippen molar-refractivity contribution in [3.8, 4) is 0 Å². The minimum atomic E-state index is -0.232. The van der Waals surface area contributed by atoms with Gasteiger partial charge in [-0.25, -0.2) is 9.18 Å². The van der Waals surface area contributed by atoms with E-state index >= 15 is 0 Å². The SMILES string of the molecule is O=C(NCc1ccccn1)NCC1(c2ccc(F)cc2)CCC1. The largest absolute Gasteiger partial charge is 0.337 e. The molecule has 1 fully saturated rings. The molecule has 1 saturated carbocycles. The first kappa shape index (κ1) is 15.5. The molecular formula is C18H20FN3O. The molecule has 0 atom stereocenters. The van der Waals surface area contributed by atoms with Gasteiger partial charge in [0.15, 0.2) is 0 Å². The summed E-state index contributed by atoms with van der Waals surface area (Å²) in [7, 11) is 0. The Hall–Kier alpha value is -2.43. The van der Waals surface area contributed by atoms with Crippen LogP contribution < -0.4 is 10.6 Å². The van der Waals surface area contributed by atoms with Crippen molar-refractivity contribution < 1.29 is 9.18 Å². The number of rotatable bonds is 5. The van der Waals surface area contributed by atoms with Crippen LogP contribution in [0.3, 0.4) is 0 Å². The van der Waals surface area contributed by atoms with Gasteiger partial charge in [-0.15, -0.1) is 0 Å². The van der Waals surface area contributed by atoms with Gasteiger partial charge in [0.2, 0.25) is 0 Å². The van der Waals surface area contributed by atoms with E-state index in [2.05, 4.69) is 15.6 Å². The molecule has 0 unspecified atom stereocenters. The summed E-state index contributed by atoms with van der Waals surface area (Å²) in [5.41, 5.74) is 1.85. The molecule has 5 heteroatoms. The number of carbonyl (C=O) groups is 1. The Labute approximate surface area is 135 Å². The fourth-order valence-electron chi connectivity index (χ4n) is 2.96. The molecular weight excluding hydrogens is 293 g/mol. The summed E-state index contributed by atoms with van der Waals surface area (Å²) in [4.78, 5) is 16.1. The van der Waals surface area contributed by atoms with E-state index in [1.54, 1.807) is 6.20 Å². The quantitative estimate of drug-likeness (QED) is 0.891. The number of pyridine rings is 1. The molecule has 1 heterocycles. The summed E-state index contributed by atoms with van der Waals surface area (Å²) >= 11 is 0. The van der Waals surface area contributed by atoms with Crippen LogP contribution in [0.15, 0.2) is 48.7 Å². The molecule has 1 aliphatic rings. The van der Waals surface area contributed by atoms with Gasteiger partial charge in [0.05, 0.1) is 12.2 Å². The maximum atomic E-state index is 13.1. The highest BCUT2D eigenvalue weighted by Gasteiger charge is 2.38. The standard InChI is InChI=1S/C18H20FN3O/c19-15-7-5-14(6-8-15)18(9-3-10-18)13-22-17(23)21-12-16-4-1-2-11-20-16/h1-2,4-8,11H,3,9-10,12-13H2,(H2,21,22,23). The lowest BCUT2D eigenvalue weighted by molar-refractivity contribution is 0.214. The summed E-state index contributed by atoms with van der Waals surface area (Å²) < 4.78 is 13.1. The number of halogens is 1. The molecule has 120 valence electrons. The fraction of sp³-hybridized carbons (Fsp3) is 0.333. The third-order valence-corrected chi connectivity index (χ3v) is 4.51. The molecule has 3 rings (SSSR count). The molecule has 0 spiro atoms. The lowest BCUT2D eigenvalue weighted by atomic mass is 9.64. The molecule has 4 nitrogen and oxygen atoms in total. The zero-order valence-corrected chi connectivity index (χ0v) is 12.9. The first-order chi connectivity index (χ1) is 11.2. The monoisotopic (exact) mass is 313 g/mol. The van der Waals surface area contributed by atoms with Crippen molar-refractivity contribution in [1.29, 1.82) is 0 Å². The zero-order chi connectivity index (χ0) is 16.1. The Morgan fingerprint density at radius 2 is 1.91 bits per heavy atom. The Balaban J connectivity index is 1.53. The van der Waals surface area contributed by atoms with E-state index < -0.39 is 0 Å². The summed E-state index contributed by atoms with van der Waals surface area (Å²) in [5.74, 6) is -0.232. The second-order valence-corrected chi connectivity index (χ2v) is 6.00. The first-order valence-corrected chi connectivity index (χ1v) is 7.86. The molecule has 1 aromatic heterocycles. The second-order valence-electron chi connectivity index (χ2n) is 6.00. The van der Waals surface area contributed by atoms with Gasteiger partial charge in [0.1, 0.15) is 5.82 Å². The van der Waals surface area contributed by atoms with Crippen molar-refractivity contribution in [2.24, 2.45) is 0 Å². The van der Waals surface area contributed by atoms with Crippen LogP contribution in [-0.4, -0.2) is 17.6 Å². The maximum absolute atomic E-state index is 13.1. The number of carbonyl (C=O) groups excluding carboxylic acids is 1. The minimum absolute atomic E-state index is 0.0595. The smallest absolute Gasteiger partial charge is 0.315 e. The van der Waals surface area contributed by atoms with Crippen molar-refractivity contribution in [2.45, 2.75) is 31.2 Å². The highest BCUT2D eigenvalue weighted by molar-refractivity contribution is 5.74. The van der Waals surface area contributed by atoms with Crippen molar-refractivity contribution in [2.75, 3.05) is 6.54 Å². The lowest BCUT2D eigenvalue weighted by Crippen LogP contribution is -2.48. The zero-order valence-electron chi connectivity index (χ0n) is 12.9. The van der Waals surface area contributed by atoms with Gasteiger partial charge >= 0.3 is 6.03 Å². The summed E-state index contributed by atoms with van der Waals surface area (Å²) in [6, 6.07) is 12.0. The molecule has 0 aliphatic heterocycles. The highest BCUT2D eigenvalue weighted by Crippen LogP contribution is 2.43. The van der Waals surface area contributed by atoms with Gasteiger partial charge in [0, 0.05) is 18.2 Å². The normalized spacial score (nSPS) is 15.5. The topological polar surface area (TPSA) is 54.0 Å². The van der Waals surface area contributed by atoms with Gasteiger partial charge in [-0.3, -0.25) is 4.98 Å². The van der Waals surface area contributed by atoms with Crippen LogP contribution in [-0.2, 0) is 12.0 Å². The third-order valence-electron chi connectivity index (χ3n) is 4.51. The summed E-state index contributed by atoms with van der Waals surface area (Å²) in [5, 5.41) is 5.74. The molecule has 23 heavy (non-hydrogen) atoms. The van der Waals surface area contributed by atoms with Gasteiger partial charge in [-0.2, -0.15) is 0 Å². The average Bonchev–Trinajstić information content (AvgIpc) is 2.54. The van der Waals surface area contributed by atoms with Crippen LogP contribution in [0, 0.1) is 5.82 Å². The first-order valence-electron chi connectivity index (χ1n) is 7.86. The number of hydrogen-bond donors (Lipinski definition) is 2. The predicted octanol–water partition coefficient (Wildman–Crippen LogP) is 3.14. The van der Waals surface area contributed by atoms with Crippen LogP contribution in [0.2, 0.25) is 0 Å². The number of aromatic nitrogens is 1. The number of nitrogens with zero attached hydrogens (tertiary/aromatic N) is 1. The second kappa shape index (κ2) is 6.77. The number of hydrogen-bond acceptors (Lipinski definition) is 2. The Kier molecular flexibility index (Phi) is 4.55. The Morgan fingerprint density at radius 3 is 2.52 bits per heavy atom. The summed E-state index contributed by atoms with van der Waals surface area (Å²) in [6.07, 6.45) is 4.86. The van der Waals surface area contributed by atoms with Gasteiger partial charge < -0.3 is 10.6 Å². The number of nitrogens with one attached hydrogen (secondary N) is 2. The van der Waals surface area contributed by atoms with Crippen molar-refractivity contribution >= 4 is 6.03 Å². The summed E-state index contributed by atoms with van der Waals surface area (Å²) in [6.45, 7) is 0.961. The van der Waals surface area contributed by atoms with Crippen LogP contribution in [0.25, 0.3) is 0 Å². The predicted molar refractivity (Wildman–Crippen MR) is 86.4 cm³/mol. The third kappa shape index (κ3) is 3.67. The van der Waals surface area contributed by atoms with E-state index in [0.717, 1.165) is 30.5 Å². The van der Waals surface area contributed by atoms with Crippen LogP contribution in [0.1, 0.15) is 30.5 Å². The number of benzene rings is 1. The van der Waals surface area contributed by atoms with E-state index in [-0.39, 0.29) is 17.3 Å². The Bertz CT molecular complexity index is 654. The molecule has 2 aromatic rings. The van der Waals surface area contributed by atoms with Gasteiger partial charge in [-0.1, -0.05) is 24.6 Å². The van der Waals surface area contributed by atoms with E-state index in [9.17, 15) is 9.18 Å². The highest BCUT2D eigenvalue weighted by atomic mass is 19.1.